The minimum absolute atomic E-state index is 0.0286. The van der Waals surface area contributed by atoms with E-state index in [1.54, 1.807) is 13.0 Å². The topological polar surface area (TPSA) is 57.5 Å². The summed E-state index contributed by atoms with van der Waals surface area (Å²) in [5.41, 5.74) is -0.422. The summed E-state index contributed by atoms with van der Waals surface area (Å²) in [6.45, 7) is 12.9. The summed E-state index contributed by atoms with van der Waals surface area (Å²) in [4.78, 5) is 11.2. The highest BCUT2D eigenvalue weighted by molar-refractivity contribution is 5.87. The van der Waals surface area contributed by atoms with Gasteiger partial charge in [-0.2, -0.15) is 0 Å². The average Bonchev–Trinajstić information content (AvgIpc) is 2.90. The SMILES string of the molecule is CC(=O)/C=C/CC(C)(O)[C@H]1CCC2[C@@]3(C)CC[C@H](O)C(C)(C)C3CC[C@]21C. The number of aliphatic hydroxyl groups excluding tert-OH is 1. The molecule has 3 nitrogen and oxygen atoms in total. The molecule has 0 spiro atoms. The van der Waals surface area contributed by atoms with Gasteiger partial charge >= 0.3 is 0 Å². The quantitative estimate of drug-likeness (QED) is 0.686. The van der Waals surface area contributed by atoms with Crippen LogP contribution in [0, 0.1) is 34.0 Å². The van der Waals surface area contributed by atoms with Crippen LogP contribution in [-0.2, 0) is 4.79 Å². The Morgan fingerprint density at radius 2 is 1.67 bits per heavy atom. The first-order chi connectivity index (χ1) is 12.4. The average molecular weight is 377 g/mol. The fourth-order valence-corrected chi connectivity index (χ4v) is 7.94. The fourth-order valence-electron chi connectivity index (χ4n) is 7.94. The largest absolute Gasteiger partial charge is 0.393 e. The second kappa shape index (κ2) is 6.69. The third-order valence-corrected chi connectivity index (χ3v) is 9.25. The molecule has 3 rings (SSSR count). The number of fused-ring (bicyclic) bond motifs is 3. The van der Waals surface area contributed by atoms with E-state index >= 15 is 0 Å². The summed E-state index contributed by atoms with van der Waals surface area (Å²) in [6, 6.07) is 0. The zero-order valence-electron chi connectivity index (χ0n) is 18.2. The number of hydrogen-bond donors (Lipinski definition) is 2. The minimum atomic E-state index is -0.775. The van der Waals surface area contributed by atoms with Gasteiger partial charge in [0.05, 0.1) is 11.7 Å². The zero-order valence-corrected chi connectivity index (χ0v) is 18.2. The molecule has 3 saturated carbocycles. The van der Waals surface area contributed by atoms with Crippen molar-refractivity contribution in [3.8, 4) is 0 Å². The van der Waals surface area contributed by atoms with Gasteiger partial charge in [0.2, 0.25) is 0 Å². The highest BCUT2D eigenvalue weighted by atomic mass is 16.3. The van der Waals surface area contributed by atoms with Crippen molar-refractivity contribution < 1.29 is 15.0 Å². The number of aliphatic hydroxyl groups is 2. The summed E-state index contributed by atoms with van der Waals surface area (Å²) in [7, 11) is 0. The van der Waals surface area contributed by atoms with Gasteiger partial charge in [-0.15, -0.1) is 0 Å². The first kappa shape index (κ1) is 21.0. The molecule has 27 heavy (non-hydrogen) atoms. The van der Waals surface area contributed by atoms with Crippen LogP contribution in [0.5, 0.6) is 0 Å². The van der Waals surface area contributed by atoms with Gasteiger partial charge in [-0.05, 0) is 98.9 Å². The molecule has 0 saturated heterocycles. The predicted molar refractivity (Wildman–Crippen MR) is 109 cm³/mol. The van der Waals surface area contributed by atoms with Crippen LogP contribution in [0.15, 0.2) is 12.2 Å². The molecule has 3 fully saturated rings. The zero-order chi connectivity index (χ0) is 20.3. The molecular weight excluding hydrogens is 336 g/mol. The number of rotatable bonds is 4. The van der Waals surface area contributed by atoms with Crippen molar-refractivity contribution in [3.05, 3.63) is 12.2 Å². The molecule has 0 aromatic carbocycles. The Morgan fingerprint density at radius 1 is 1.04 bits per heavy atom. The summed E-state index contributed by atoms with van der Waals surface area (Å²) >= 11 is 0. The normalized spacial score (nSPS) is 45.9. The van der Waals surface area contributed by atoms with Crippen LogP contribution in [0.3, 0.4) is 0 Å². The van der Waals surface area contributed by atoms with E-state index in [9.17, 15) is 15.0 Å². The Hall–Kier alpha value is -0.670. The smallest absolute Gasteiger partial charge is 0.152 e. The molecule has 3 aliphatic carbocycles. The standard InChI is InChI=1S/C24H40O3/c1-16(25)8-7-13-24(6,27)19-10-9-18-22(4)15-12-20(26)21(2,3)17(22)11-14-23(18,19)5/h7-8,17-20,26-27H,9-15H2,1-6H3/b8-7+/t17?,18?,19-,20-,22-,23+,24?/m0/s1. The van der Waals surface area contributed by atoms with Crippen LogP contribution in [0.25, 0.3) is 0 Å². The Labute approximate surface area is 165 Å². The fraction of sp³-hybridized carbons (Fsp3) is 0.875. The van der Waals surface area contributed by atoms with E-state index in [1.807, 2.05) is 13.0 Å². The molecule has 0 heterocycles. The molecule has 0 aromatic rings. The molecule has 0 amide bonds. The van der Waals surface area contributed by atoms with Gasteiger partial charge in [-0.1, -0.05) is 33.8 Å². The van der Waals surface area contributed by atoms with E-state index in [4.69, 9.17) is 0 Å². The maximum atomic E-state index is 11.4. The molecule has 154 valence electrons. The van der Waals surface area contributed by atoms with Crippen LogP contribution >= 0.6 is 0 Å². The lowest BCUT2D eigenvalue weighted by molar-refractivity contribution is -0.179. The third kappa shape index (κ3) is 3.23. The van der Waals surface area contributed by atoms with Crippen LogP contribution in [0.1, 0.15) is 86.5 Å². The second-order valence-electron chi connectivity index (χ2n) is 11.2. The molecule has 0 radical (unpaired) electrons. The molecular formula is C24H40O3. The van der Waals surface area contributed by atoms with Crippen LogP contribution in [0.2, 0.25) is 0 Å². The molecule has 0 bridgehead atoms. The molecule has 0 aliphatic heterocycles. The maximum absolute atomic E-state index is 11.4. The summed E-state index contributed by atoms with van der Waals surface area (Å²) in [6.07, 6.45) is 10.3. The maximum Gasteiger partial charge on any atom is 0.152 e. The molecule has 7 atom stereocenters. The lowest BCUT2D eigenvalue weighted by Gasteiger charge is -2.63. The Morgan fingerprint density at radius 3 is 2.30 bits per heavy atom. The van der Waals surface area contributed by atoms with Crippen molar-refractivity contribution >= 4 is 5.78 Å². The van der Waals surface area contributed by atoms with Crippen molar-refractivity contribution in [1.29, 1.82) is 0 Å². The van der Waals surface area contributed by atoms with E-state index in [2.05, 4.69) is 27.7 Å². The number of ketones is 1. The van der Waals surface area contributed by atoms with Crippen molar-refractivity contribution in [3.63, 3.8) is 0 Å². The predicted octanol–water partition coefficient (Wildman–Crippen LogP) is 4.90. The summed E-state index contributed by atoms with van der Waals surface area (Å²) in [5.74, 6) is 1.45. The molecule has 3 heteroatoms. The summed E-state index contributed by atoms with van der Waals surface area (Å²) in [5, 5.41) is 22.0. The third-order valence-electron chi connectivity index (χ3n) is 9.25. The van der Waals surface area contributed by atoms with E-state index in [0.29, 0.717) is 18.3 Å². The number of hydrogen-bond acceptors (Lipinski definition) is 3. The highest BCUT2D eigenvalue weighted by Gasteiger charge is 2.65. The van der Waals surface area contributed by atoms with Gasteiger partial charge < -0.3 is 10.2 Å². The number of carbonyl (C=O) groups excluding carboxylic acids is 1. The van der Waals surface area contributed by atoms with Crippen molar-refractivity contribution in [2.75, 3.05) is 0 Å². The van der Waals surface area contributed by atoms with Gasteiger partial charge in [0, 0.05) is 0 Å². The first-order valence-electron chi connectivity index (χ1n) is 10.9. The monoisotopic (exact) mass is 376 g/mol. The molecule has 2 N–H and O–H groups in total. The van der Waals surface area contributed by atoms with E-state index in [-0.39, 0.29) is 34.1 Å². The van der Waals surface area contributed by atoms with Gasteiger partial charge in [-0.3, -0.25) is 4.79 Å². The van der Waals surface area contributed by atoms with Gasteiger partial charge in [-0.25, -0.2) is 0 Å². The van der Waals surface area contributed by atoms with Crippen LogP contribution in [0.4, 0.5) is 0 Å². The van der Waals surface area contributed by atoms with Crippen LogP contribution < -0.4 is 0 Å². The second-order valence-corrected chi connectivity index (χ2v) is 11.2. The Kier molecular flexibility index (Phi) is 5.22. The van der Waals surface area contributed by atoms with E-state index < -0.39 is 5.60 Å². The molecule has 3 unspecified atom stereocenters. The van der Waals surface area contributed by atoms with Crippen LogP contribution in [-0.4, -0.2) is 27.7 Å². The Bertz CT molecular complexity index is 619. The van der Waals surface area contributed by atoms with Gasteiger partial charge in [0.15, 0.2) is 5.78 Å². The first-order valence-corrected chi connectivity index (χ1v) is 10.9. The highest BCUT2D eigenvalue weighted by Crippen LogP contribution is 2.70. The van der Waals surface area contributed by atoms with Crippen molar-refractivity contribution in [1.82, 2.24) is 0 Å². The van der Waals surface area contributed by atoms with Crippen molar-refractivity contribution in [2.45, 2.75) is 98.2 Å². The van der Waals surface area contributed by atoms with Gasteiger partial charge in [0.1, 0.15) is 0 Å². The summed E-state index contributed by atoms with van der Waals surface area (Å²) < 4.78 is 0. The number of allylic oxidation sites excluding steroid dienone is 1. The van der Waals surface area contributed by atoms with Gasteiger partial charge in [0.25, 0.3) is 0 Å². The van der Waals surface area contributed by atoms with Crippen molar-refractivity contribution in [2.24, 2.45) is 34.0 Å². The Balaban J connectivity index is 1.87. The molecule has 3 aliphatic rings. The van der Waals surface area contributed by atoms with E-state index in [0.717, 1.165) is 32.1 Å². The lowest BCUT2D eigenvalue weighted by atomic mass is 9.42. The molecule has 0 aromatic heterocycles. The minimum Gasteiger partial charge on any atom is -0.393 e. The lowest BCUT2D eigenvalue weighted by Crippen LogP contribution is -2.59. The number of carbonyl (C=O) groups is 1. The van der Waals surface area contributed by atoms with E-state index in [1.165, 1.54) is 6.42 Å².